The van der Waals surface area contributed by atoms with Crippen molar-refractivity contribution in [2.75, 3.05) is 5.75 Å². The van der Waals surface area contributed by atoms with E-state index in [1.165, 1.54) is 16.3 Å². The summed E-state index contributed by atoms with van der Waals surface area (Å²) >= 11 is 13.1. The molecule has 0 unspecified atom stereocenters. The van der Waals surface area contributed by atoms with Gasteiger partial charge < -0.3 is 4.57 Å². The van der Waals surface area contributed by atoms with Crippen LogP contribution in [0.2, 0.25) is 0 Å². The lowest BCUT2D eigenvalue weighted by molar-refractivity contribution is 0.743. The zero-order valence-electron chi connectivity index (χ0n) is 12.9. The largest absolute Gasteiger partial charge is 0.329 e. The second kappa shape index (κ2) is 7.42. The predicted octanol–water partition coefficient (Wildman–Crippen LogP) is 2.80. The first-order valence-corrected chi connectivity index (χ1v) is 8.52. The van der Waals surface area contributed by atoms with Crippen LogP contribution in [-0.2, 0) is 13.6 Å². The molecule has 0 spiro atoms. The molecule has 0 saturated heterocycles. The van der Waals surface area contributed by atoms with Crippen LogP contribution in [0.4, 0.5) is 0 Å². The van der Waals surface area contributed by atoms with E-state index in [1.807, 2.05) is 6.08 Å². The van der Waals surface area contributed by atoms with Crippen molar-refractivity contribution in [3.05, 3.63) is 43.1 Å². The van der Waals surface area contributed by atoms with Gasteiger partial charge in [-0.1, -0.05) is 47.1 Å². The van der Waals surface area contributed by atoms with Crippen molar-refractivity contribution >= 4 is 46.1 Å². The summed E-state index contributed by atoms with van der Waals surface area (Å²) in [7, 11) is 1.57. The molecule has 23 heavy (non-hydrogen) atoms. The minimum atomic E-state index is -0.496. The van der Waals surface area contributed by atoms with E-state index in [1.54, 1.807) is 31.5 Å². The van der Waals surface area contributed by atoms with Crippen LogP contribution in [0.25, 0.3) is 11.2 Å². The average Bonchev–Trinajstić information content (AvgIpc) is 2.81. The maximum atomic E-state index is 12.2. The molecule has 0 aliphatic rings. The number of nitrogens with one attached hydrogen (secondary N) is 1. The van der Waals surface area contributed by atoms with Crippen LogP contribution in [-0.4, -0.2) is 24.9 Å². The highest BCUT2D eigenvalue weighted by atomic mass is 35.5. The van der Waals surface area contributed by atoms with Crippen molar-refractivity contribution in [3.63, 3.8) is 0 Å². The van der Waals surface area contributed by atoms with Gasteiger partial charge in [0.1, 0.15) is 0 Å². The molecule has 0 bridgehead atoms. The molecule has 0 radical (unpaired) electrons. The van der Waals surface area contributed by atoms with E-state index in [9.17, 15) is 9.59 Å². The Balaban J connectivity index is 2.62. The summed E-state index contributed by atoms with van der Waals surface area (Å²) < 4.78 is 3.05. The number of hydrogen-bond acceptors (Lipinski definition) is 4. The van der Waals surface area contributed by atoms with Gasteiger partial charge in [-0.25, -0.2) is 9.78 Å². The van der Waals surface area contributed by atoms with E-state index in [-0.39, 0.29) is 0 Å². The van der Waals surface area contributed by atoms with Crippen LogP contribution in [0.15, 0.2) is 37.0 Å². The monoisotopic (exact) mass is 374 g/mol. The van der Waals surface area contributed by atoms with Gasteiger partial charge in [0.05, 0.1) is 0 Å². The fraction of sp³-hybridized carbons (Fsp3) is 0.357. The number of aromatic amines is 1. The topological polar surface area (TPSA) is 72.7 Å². The highest BCUT2D eigenvalue weighted by molar-refractivity contribution is 7.99. The molecule has 0 aliphatic heterocycles. The normalized spacial score (nSPS) is 13.1. The number of aromatic nitrogens is 4. The molecule has 0 atom stereocenters. The number of nitrogens with zero attached hydrogens (tertiary/aromatic N) is 3. The summed E-state index contributed by atoms with van der Waals surface area (Å²) in [5, 5.41) is 1.91. The van der Waals surface area contributed by atoms with Gasteiger partial charge in [-0.3, -0.25) is 14.3 Å². The van der Waals surface area contributed by atoms with E-state index in [0.29, 0.717) is 38.7 Å². The third-order valence-corrected chi connectivity index (χ3v) is 4.32. The first kappa shape index (κ1) is 17.9. The number of hydrogen-bond donors (Lipinski definition) is 1. The van der Waals surface area contributed by atoms with Gasteiger partial charge in [0.15, 0.2) is 16.3 Å². The lowest BCUT2D eigenvalue weighted by Crippen LogP contribution is -2.29. The lowest BCUT2D eigenvalue weighted by Gasteiger charge is -2.05. The van der Waals surface area contributed by atoms with Crippen molar-refractivity contribution in [3.8, 4) is 0 Å². The molecular weight excluding hydrogens is 359 g/mol. The van der Waals surface area contributed by atoms with Gasteiger partial charge in [0.25, 0.3) is 5.56 Å². The number of H-pyrrole nitrogens is 1. The number of thioether (sulfide) groups is 1. The third kappa shape index (κ3) is 4.10. The molecule has 124 valence electrons. The maximum Gasteiger partial charge on any atom is 0.329 e. The number of halogens is 2. The van der Waals surface area contributed by atoms with Crippen molar-refractivity contribution in [2.24, 2.45) is 7.05 Å². The van der Waals surface area contributed by atoms with Crippen molar-refractivity contribution < 1.29 is 0 Å². The Morgan fingerprint density at radius 1 is 1.26 bits per heavy atom. The molecule has 6 nitrogen and oxygen atoms in total. The van der Waals surface area contributed by atoms with Crippen LogP contribution in [0.1, 0.15) is 13.8 Å². The fourth-order valence-corrected chi connectivity index (χ4v) is 3.14. The Kier molecular flexibility index (Phi) is 5.78. The first-order valence-electron chi connectivity index (χ1n) is 6.78. The zero-order chi connectivity index (χ0) is 17.1. The van der Waals surface area contributed by atoms with E-state index in [0.717, 1.165) is 0 Å². The Bertz CT molecular complexity index is 900. The average molecular weight is 375 g/mol. The third-order valence-electron chi connectivity index (χ3n) is 3.10. The van der Waals surface area contributed by atoms with Crippen LogP contribution in [0.5, 0.6) is 0 Å². The Morgan fingerprint density at radius 2 is 1.91 bits per heavy atom. The standard InChI is InChI=1S/C14H16Cl2N4O2S/c1-8(15)4-6-20-10-11(19(3)13(22)18-12(10)21)17-14(20)23-7-5-9(2)16/h4-5H,6-7H2,1-3H3,(H,18,21,22)/b8-4+,9-5+. The van der Waals surface area contributed by atoms with Crippen LogP contribution >= 0.6 is 35.0 Å². The molecule has 2 heterocycles. The minimum Gasteiger partial charge on any atom is -0.309 e. The Labute approximate surface area is 146 Å². The SMILES string of the molecule is C/C(Cl)=C\CSc1nc2c(c(=O)[nH]c(=O)n2C)n1C/C=C(\C)Cl. The Hall–Kier alpha value is -1.44. The summed E-state index contributed by atoms with van der Waals surface area (Å²) in [4.78, 5) is 30.6. The van der Waals surface area contributed by atoms with Gasteiger partial charge in [0, 0.05) is 29.4 Å². The van der Waals surface area contributed by atoms with Gasteiger partial charge in [-0.15, -0.1) is 0 Å². The van der Waals surface area contributed by atoms with E-state index in [2.05, 4.69) is 9.97 Å². The number of fused-ring (bicyclic) bond motifs is 1. The molecule has 1 N–H and O–H groups in total. The lowest BCUT2D eigenvalue weighted by atomic mass is 10.4. The van der Waals surface area contributed by atoms with Crippen LogP contribution in [0.3, 0.4) is 0 Å². The maximum absolute atomic E-state index is 12.2. The fourth-order valence-electron chi connectivity index (χ4n) is 1.94. The molecule has 2 aromatic heterocycles. The van der Waals surface area contributed by atoms with Crippen molar-refractivity contribution in [2.45, 2.75) is 25.5 Å². The van der Waals surface area contributed by atoms with Gasteiger partial charge in [-0.05, 0) is 13.8 Å². The molecule has 2 aromatic rings. The summed E-state index contributed by atoms with van der Waals surface area (Å²) in [6.45, 7) is 3.94. The van der Waals surface area contributed by atoms with Crippen LogP contribution < -0.4 is 11.2 Å². The van der Waals surface area contributed by atoms with Gasteiger partial charge >= 0.3 is 5.69 Å². The quantitative estimate of drug-likeness (QED) is 0.816. The molecule has 9 heteroatoms. The second-order valence-electron chi connectivity index (χ2n) is 4.89. The van der Waals surface area contributed by atoms with E-state index in [4.69, 9.17) is 23.2 Å². The minimum absolute atomic E-state index is 0.341. The predicted molar refractivity (Wildman–Crippen MR) is 95.5 cm³/mol. The number of allylic oxidation sites excluding steroid dienone is 3. The molecule has 0 aliphatic carbocycles. The number of imidazole rings is 1. The van der Waals surface area contributed by atoms with E-state index < -0.39 is 11.2 Å². The molecule has 0 saturated carbocycles. The van der Waals surface area contributed by atoms with Crippen molar-refractivity contribution in [1.29, 1.82) is 0 Å². The summed E-state index contributed by atoms with van der Waals surface area (Å²) in [5.74, 6) is 0.605. The summed E-state index contributed by atoms with van der Waals surface area (Å²) in [6.07, 6.45) is 3.63. The molecular formula is C14H16Cl2N4O2S. The van der Waals surface area contributed by atoms with E-state index >= 15 is 0 Å². The molecule has 0 amide bonds. The van der Waals surface area contributed by atoms with Crippen molar-refractivity contribution in [1.82, 2.24) is 19.1 Å². The molecule has 0 fully saturated rings. The first-order chi connectivity index (χ1) is 10.8. The number of aryl methyl sites for hydroxylation is 1. The smallest absolute Gasteiger partial charge is 0.309 e. The van der Waals surface area contributed by atoms with Gasteiger partial charge in [0.2, 0.25) is 0 Å². The highest BCUT2D eigenvalue weighted by Crippen LogP contribution is 2.22. The molecule has 0 aromatic carbocycles. The second-order valence-corrected chi connectivity index (χ2v) is 7.07. The number of rotatable bonds is 5. The van der Waals surface area contributed by atoms with Crippen LogP contribution in [0, 0.1) is 0 Å². The molecule has 2 rings (SSSR count). The summed E-state index contributed by atoms with van der Waals surface area (Å²) in [5.41, 5.74) is -0.278. The highest BCUT2D eigenvalue weighted by Gasteiger charge is 2.16. The zero-order valence-corrected chi connectivity index (χ0v) is 15.2. The van der Waals surface area contributed by atoms with Gasteiger partial charge in [-0.2, -0.15) is 0 Å². The summed E-state index contributed by atoms with van der Waals surface area (Å²) in [6, 6.07) is 0. The Morgan fingerprint density at radius 3 is 2.52 bits per heavy atom.